The van der Waals surface area contributed by atoms with Gasteiger partial charge in [-0.1, -0.05) is 53.8 Å². The molecule has 2 aromatic heterocycles. The molecule has 0 radical (unpaired) electrons. The predicted octanol–water partition coefficient (Wildman–Crippen LogP) is 5.72. The third kappa shape index (κ3) is 4.28. The van der Waals surface area contributed by atoms with Gasteiger partial charge in [0, 0.05) is 17.2 Å². The Morgan fingerprint density at radius 2 is 1.85 bits per heavy atom. The lowest BCUT2D eigenvalue weighted by atomic mass is 9.83. The first-order chi connectivity index (χ1) is 19.9. The molecule has 7 rings (SSSR count). The summed E-state index contributed by atoms with van der Waals surface area (Å²) in [5, 5.41) is 9.27. The Balaban J connectivity index is 1.36. The lowest BCUT2D eigenvalue weighted by molar-refractivity contribution is 0.0696. The van der Waals surface area contributed by atoms with Gasteiger partial charge in [-0.05, 0) is 78.4 Å². The molecular weight excluding hydrogens is 539 g/mol. The van der Waals surface area contributed by atoms with Gasteiger partial charge in [0.05, 0.1) is 21.8 Å². The second kappa shape index (κ2) is 9.67. The Kier molecular flexibility index (Phi) is 5.94. The predicted molar refractivity (Wildman–Crippen MR) is 155 cm³/mol. The van der Waals surface area contributed by atoms with Crippen LogP contribution in [0, 0.1) is 12.7 Å². The number of furan rings is 1. The van der Waals surface area contributed by atoms with Crippen molar-refractivity contribution in [2.45, 2.75) is 25.8 Å². The maximum atomic E-state index is 13.9. The highest BCUT2D eigenvalue weighted by molar-refractivity contribution is 7.07. The van der Waals surface area contributed by atoms with Crippen LogP contribution in [0.3, 0.4) is 0 Å². The highest BCUT2D eigenvalue weighted by atomic mass is 32.1. The molecule has 0 amide bonds. The number of benzene rings is 3. The Morgan fingerprint density at radius 3 is 2.63 bits per heavy atom. The third-order valence-corrected chi connectivity index (χ3v) is 8.68. The van der Waals surface area contributed by atoms with E-state index in [0.29, 0.717) is 20.9 Å². The number of thiazole rings is 1. The molecule has 3 heterocycles. The lowest BCUT2D eigenvalue weighted by Gasteiger charge is -2.30. The summed E-state index contributed by atoms with van der Waals surface area (Å²) in [4.78, 5) is 30.8. The van der Waals surface area contributed by atoms with Crippen molar-refractivity contribution in [1.82, 2.24) is 4.57 Å². The minimum absolute atomic E-state index is 0.187. The summed E-state index contributed by atoms with van der Waals surface area (Å²) >= 11 is 1.30. The van der Waals surface area contributed by atoms with Gasteiger partial charge in [0.15, 0.2) is 4.80 Å². The van der Waals surface area contributed by atoms with Crippen molar-refractivity contribution in [2.75, 3.05) is 0 Å². The van der Waals surface area contributed by atoms with Gasteiger partial charge in [-0.25, -0.2) is 14.2 Å². The number of fused-ring (bicyclic) bond motifs is 3. The van der Waals surface area contributed by atoms with E-state index < -0.39 is 5.97 Å². The zero-order valence-corrected chi connectivity index (χ0v) is 22.7. The zero-order chi connectivity index (χ0) is 28.2. The van der Waals surface area contributed by atoms with Crippen LogP contribution in [-0.2, 0) is 6.42 Å². The van der Waals surface area contributed by atoms with Gasteiger partial charge in [-0.2, -0.15) is 0 Å². The van der Waals surface area contributed by atoms with E-state index in [1.165, 1.54) is 29.0 Å². The fraction of sp³-hybridized carbons (Fsp3) is 0.121. The average Bonchev–Trinajstić information content (AvgIpc) is 3.56. The fourth-order valence-electron chi connectivity index (χ4n) is 5.74. The van der Waals surface area contributed by atoms with Gasteiger partial charge in [0.2, 0.25) is 0 Å². The number of rotatable bonds is 4. The van der Waals surface area contributed by atoms with E-state index in [1.807, 2.05) is 25.1 Å². The van der Waals surface area contributed by atoms with Crippen molar-refractivity contribution in [3.05, 3.63) is 144 Å². The lowest BCUT2D eigenvalue weighted by Crippen LogP contribution is -2.38. The number of hydrogen-bond acceptors (Lipinski definition) is 5. The molecule has 0 fully saturated rings. The summed E-state index contributed by atoms with van der Waals surface area (Å²) in [5.41, 5.74) is 6.63. The summed E-state index contributed by atoms with van der Waals surface area (Å²) in [5.74, 6) is -0.237. The number of allylic oxidation sites excluding steroid dienone is 1. The highest BCUT2D eigenvalue weighted by Crippen LogP contribution is 2.41. The van der Waals surface area contributed by atoms with Gasteiger partial charge < -0.3 is 9.52 Å². The largest absolute Gasteiger partial charge is 0.478 e. The van der Waals surface area contributed by atoms with E-state index in [9.17, 15) is 19.1 Å². The maximum Gasteiger partial charge on any atom is 0.335 e. The first-order valence-corrected chi connectivity index (χ1v) is 14.0. The van der Waals surface area contributed by atoms with E-state index in [2.05, 4.69) is 12.1 Å². The number of carbonyl (C=O) groups is 1. The van der Waals surface area contributed by atoms with Crippen LogP contribution in [0.5, 0.6) is 0 Å². The molecule has 2 aliphatic rings. The van der Waals surface area contributed by atoms with Gasteiger partial charge in [-0.3, -0.25) is 9.36 Å². The Morgan fingerprint density at radius 1 is 1.05 bits per heavy atom. The number of aryl methyl sites for hydroxylation is 2. The number of carboxylic acid groups (broad SMARTS) is 1. The van der Waals surface area contributed by atoms with Crippen LogP contribution >= 0.6 is 11.3 Å². The number of hydrogen-bond donors (Lipinski definition) is 1. The molecule has 3 aromatic carbocycles. The molecule has 1 aliphatic carbocycles. The number of carboxylic acids is 1. The molecule has 41 heavy (non-hydrogen) atoms. The number of halogens is 1. The molecule has 0 saturated heterocycles. The van der Waals surface area contributed by atoms with Crippen molar-refractivity contribution in [3.63, 3.8) is 0 Å². The standard InChI is InChI=1S/C33H23FN2O4S/c1-18-16-21(32(38)39)9-13-24(18)27-15-12-23(40-27)17-28-31(37)36-30(20-6-10-22(34)11-7-20)26-14-8-19-4-2-3-5-25(19)29(26)35-33(36)41-28/h2-7,9-13,15-17,30H,8,14H2,1H3,(H,38,39)/b28-17+/t30-/m0/s1. The van der Waals surface area contributed by atoms with Crippen molar-refractivity contribution >= 4 is 29.1 Å². The summed E-state index contributed by atoms with van der Waals surface area (Å²) in [6.45, 7) is 1.83. The van der Waals surface area contributed by atoms with E-state index in [-0.39, 0.29) is 23.0 Å². The maximum absolute atomic E-state index is 13.9. The van der Waals surface area contributed by atoms with Crippen LogP contribution in [0.4, 0.5) is 4.39 Å². The van der Waals surface area contributed by atoms with Crippen LogP contribution in [-0.4, -0.2) is 15.6 Å². The van der Waals surface area contributed by atoms with Crippen molar-refractivity contribution in [3.8, 4) is 11.3 Å². The molecule has 6 nitrogen and oxygen atoms in total. The van der Waals surface area contributed by atoms with Crippen molar-refractivity contribution < 1.29 is 18.7 Å². The molecule has 1 N–H and O–H groups in total. The fourth-order valence-corrected chi connectivity index (χ4v) is 6.73. The van der Waals surface area contributed by atoms with Crippen LogP contribution in [0.25, 0.3) is 23.1 Å². The van der Waals surface area contributed by atoms with Crippen LogP contribution < -0.4 is 14.9 Å². The molecule has 0 saturated carbocycles. The Hall–Kier alpha value is -4.82. The van der Waals surface area contributed by atoms with Crippen LogP contribution in [0.15, 0.2) is 98.6 Å². The molecule has 0 bridgehead atoms. The third-order valence-electron chi connectivity index (χ3n) is 7.70. The summed E-state index contributed by atoms with van der Waals surface area (Å²) in [6.07, 6.45) is 3.31. The van der Waals surface area contributed by atoms with Gasteiger partial charge in [-0.15, -0.1) is 0 Å². The molecule has 0 unspecified atom stereocenters. The highest BCUT2D eigenvalue weighted by Gasteiger charge is 2.32. The molecule has 1 aliphatic heterocycles. The van der Waals surface area contributed by atoms with Crippen LogP contribution in [0.2, 0.25) is 0 Å². The Bertz CT molecular complexity index is 2080. The van der Waals surface area contributed by atoms with E-state index >= 15 is 0 Å². The molecule has 202 valence electrons. The first kappa shape index (κ1) is 25.2. The quantitative estimate of drug-likeness (QED) is 0.304. The van der Waals surface area contributed by atoms with Gasteiger partial charge in [0.1, 0.15) is 17.3 Å². The van der Waals surface area contributed by atoms with Crippen molar-refractivity contribution in [1.29, 1.82) is 0 Å². The zero-order valence-electron chi connectivity index (χ0n) is 21.9. The van der Waals surface area contributed by atoms with Gasteiger partial charge in [0.25, 0.3) is 5.56 Å². The minimum Gasteiger partial charge on any atom is -0.478 e. The van der Waals surface area contributed by atoms with E-state index in [0.717, 1.165) is 46.4 Å². The van der Waals surface area contributed by atoms with E-state index in [1.54, 1.807) is 47.0 Å². The smallest absolute Gasteiger partial charge is 0.335 e. The van der Waals surface area contributed by atoms with Crippen LogP contribution in [0.1, 0.15) is 50.8 Å². The normalized spacial score (nSPS) is 16.1. The second-order valence-electron chi connectivity index (χ2n) is 10.2. The van der Waals surface area contributed by atoms with Gasteiger partial charge >= 0.3 is 5.97 Å². The molecule has 8 heteroatoms. The molecule has 0 spiro atoms. The topological polar surface area (TPSA) is 84.8 Å². The first-order valence-electron chi connectivity index (χ1n) is 13.2. The average molecular weight is 563 g/mol. The van der Waals surface area contributed by atoms with E-state index in [4.69, 9.17) is 9.41 Å². The number of aromatic carboxylic acids is 1. The molecule has 5 aromatic rings. The summed E-state index contributed by atoms with van der Waals surface area (Å²) in [7, 11) is 0. The SMILES string of the molecule is Cc1cc(C(=O)O)ccc1-c1ccc(/C=c2/sc3n(c2=O)[C@@H](c2ccc(F)cc2)C2=C(N=3)c3ccccc3CC2)o1. The minimum atomic E-state index is -0.987. The molecular formula is C33H23FN2O4S. The second-order valence-corrected chi connectivity index (χ2v) is 11.2. The van der Waals surface area contributed by atoms with Crippen molar-refractivity contribution in [2.24, 2.45) is 4.99 Å². The number of aromatic nitrogens is 1. The monoisotopic (exact) mass is 562 g/mol. The molecule has 1 atom stereocenters. The summed E-state index contributed by atoms with van der Waals surface area (Å²) in [6, 6.07) is 22.6. The number of nitrogens with zero attached hydrogens (tertiary/aromatic N) is 2. The Labute approximate surface area is 237 Å². The summed E-state index contributed by atoms with van der Waals surface area (Å²) < 4.78 is 22.1.